The molecule has 0 fully saturated rings. The molecule has 2 aromatic rings. The van der Waals surface area contributed by atoms with E-state index in [1.54, 1.807) is 36.4 Å². The summed E-state index contributed by atoms with van der Waals surface area (Å²) in [5.74, 6) is -1.07. The average molecular weight is 403 g/mol. The van der Waals surface area contributed by atoms with Gasteiger partial charge in [-0.25, -0.2) is 4.79 Å². The maximum atomic E-state index is 12.5. The van der Waals surface area contributed by atoms with Gasteiger partial charge in [-0.1, -0.05) is 35.9 Å². The largest absolute Gasteiger partial charge is 0.452 e. The van der Waals surface area contributed by atoms with E-state index in [4.69, 9.17) is 10.00 Å². The van der Waals surface area contributed by atoms with Gasteiger partial charge in [0, 0.05) is 12.2 Å². The summed E-state index contributed by atoms with van der Waals surface area (Å²) >= 11 is 0. The van der Waals surface area contributed by atoms with E-state index in [1.807, 2.05) is 18.2 Å². The van der Waals surface area contributed by atoms with Gasteiger partial charge in [0.05, 0.1) is 16.8 Å². The molecule has 0 aromatic heterocycles. The summed E-state index contributed by atoms with van der Waals surface area (Å²) in [5, 5.41) is 15.0. The first-order chi connectivity index (χ1) is 14.7. The van der Waals surface area contributed by atoms with Gasteiger partial charge in [-0.15, -0.1) is 0 Å². The zero-order valence-electron chi connectivity index (χ0n) is 16.8. The van der Waals surface area contributed by atoms with Crippen molar-refractivity contribution >= 4 is 23.3 Å². The summed E-state index contributed by atoms with van der Waals surface area (Å²) in [6.07, 6.45) is 8.07. The van der Waals surface area contributed by atoms with Crippen molar-refractivity contribution in [3.8, 4) is 6.07 Å². The van der Waals surface area contributed by atoms with Gasteiger partial charge in [-0.3, -0.25) is 4.79 Å². The Bertz CT molecular complexity index is 976. The molecule has 2 aromatic carbocycles. The van der Waals surface area contributed by atoms with Crippen LogP contribution >= 0.6 is 0 Å². The lowest BCUT2D eigenvalue weighted by Crippen LogP contribution is -2.22. The fourth-order valence-electron chi connectivity index (χ4n) is 3.39. The normalized spacial score (nSPS) is 13.0. The van der Waals surface area contributed by atoms with Gasteiger partial charge in [0.2, 0.25) is 0 Å². The van der Waals surface area contributed by atoms with Crippen LogP contribution in [0.5, 0.6) is 0 Å². The summed E-state index contributed by atoms with van der Waals surface area (Å²) in [5.41, 5.74) is 3.28. The molecule has 0 aliphatic heterocycles. The third-order valence-corrected chi connectivity index (χ3v) is 4.95. The molecule has 0 radical (unpaired) electrons. The lowest BCUT2D eigenvalue weighted by atomic mass is 9.97. The van der Waals surface area contributed by atoms with E-state index >= 15 is 0 Å². The van der Waals surface area contributed by atoms with Gasteiger partial charge in [-0.2, -0.15) is 5.26 Å². The maximum Gasteiger partial charge on any atom is 0.340 e. The fraction of sp³-hybridized carbons (Fsp3) is 0.292. The van der Waals surface area contributed by atoms with Crippen LogP contribution in [0.15, 0.2) is 60.2 Å². The van der Waals surface area contributed by atoms with Gasteiger partial charge in [0.25, 0.3) is 5.91 Å². The van der Waals surface area contributed by atoms with E-state index in [9.17, 15) is 9.59 Å². The number of carbonyl (C=O) groups excluding carboxylic acids is 2. The molecule has 1 aliphatic rings. The second-order valence-corrected chi connectivity index (χ2v) is 7.11. The molecular weight excluding hydrogens is 378 g/mol. The van der Waals surface area contributed by atoms with Gasteiger partial charge in [-0.05, 0) is 56.4 Å². The lowest BCUT2D eigenvalue weighted by molar-refractivity contribution is -0.119. The van der Waals surface area contributed by atoms with Crippen LogP contribution in [-0.4, -0.2) is 25.0 Å². The fourth-order valence-corrected chi connectivity index (χ4v) is 3.39. The van der Waals surface area contributed by atoms with Crippen LogP contribution in [0.4, 0.5) is 11.4 Å². The first-order valence-electron chi connectivity index (χ1n) is 10.1. The number of anilines is 2. The first kappa shape index (κ1) is 21.1. The van der Waals surface area contributed by atoms with Crippen LogP contribution in [0.25, 0.3) is 0 Å². The number of para-hydroxylation sites is 2. The minimum Gasteiger partial charge on any atom is -0.452 e. The monoisotopic (exact) mass is 403 g/mol. The van der Waals surface area contributed by atoms with Crippen LogP contribution in [0.1, 0.15) is 48.0 Å². The molecule has 3 rings (SSSR count). The number of nitrogens with zero attached hydrogens (tertiary/aromatic N) is 1. The molecule has 6 heteroatoms. The zero-order chi connectivity index (χ0) is 21.2. The number of nitrogens with one attached hydrogen (secondary N) is 2. The molecule has 1 aliphatic carbocycles. The average Bonchev–Trinajstić information content (AvgIpc) is 2.79. The molecule has 0 atom stereocenters. The second kappa shape index (κ2) is 10.8. The van der Waals surface area contributed by atoms with Crippen molar-refractivity contribution in [3.63, 3.8) is 0 Å². The molecule has 30 heavy (non-hydrogen) atoms. The Labute approximate surface area is 176 Å². The topological polar surface area (TPSA) is 91.2 Å². The smallest absolute Gasteiger partial charge is 0.340 e. The number of benzene rings is 2. The van der Waals surface area contributed by atoms with Crippen molar-refractivity contribution in [1.29, 1.82) is 5.26 Å². The zero-order valence-corrected chi connectivity index (χ0v) is 16.8. The van der Waals surface area contributed by atoms with Gasteiger partial charge in [0.15, 0.2) is 6.61 Å². The van der Waals surface area contributed by atoms with E-state index < -0.39 is 18.5 Å². The molecule has 154 valence electrons. The summed E-state index contributed by atoms with van der Waals surface area (Å²) in [4.78, 5) is 24.6. The third kappa shape index (κ3) is 5.95. The maximum absolute atomic E-state index is 12.5. The summed E-state index contributed by atoms with van der Waals surface area (Å²) in [6, 6.07) is 15.8. The van der Waals surface area contributed by atoms with Crippen LogP contribution in [-0.2, 0) is 9.53 Å². The van der Waals surface area contributed by atoms with E-state index in [1.165, 1.54) is 18.4 Å². The van der Waals surface area contributed by atoms with Gasteiger partial charge >= 0.3 is 5.97 Å². The Hall–Kier alpha value is -3.59. The molecule has 0 unspecified atom stereocenters. The van der Waals surface area contributed by atoms with E-state index in [-0.39, 0.29) is 0 Å². The Morgan fingerprint density at radius 3 is 2.57 bits per heavy atom. The van der Waals surface area contributed by atoms with Crippen LogP contribution in [0.3, 0.4) is 0 Å². The molecular formula is C24H25N3O3. The number of ether oxygens (including phenoxy) is 1. The SMILES string of the molecule is N#Cc1ccccc1NC(=O)COC(=O)c1ccccc1NCCC1=CCCCC1. The minimum absolute atomic E-state index is 0.347. The van der Waals surface area contributed by atoms with Crippen molar-refractivity contribution in [2.75, 3.05) is 23.8 Å². The van der Waals surface area contributed by atoms with Gasteiger partial charge < -0.3 is 15.4 Å². The second-order valence-electron chi connectivity index (χ2n) is 7.11. The summed E-state index contributed by atoms with van der Waals surface area (Å²) in [7, 11) is 0. The van der Waals surface area contributed by atoms with E-state index in [0.29, 0.717) is 22.5 Å². The number of allylic oxidation sites excluding steroid dienone is 1. The van der Waals surface area contributed by atoms with Crippen LogP contribution in [0, 0.1) is 11.3 Å². The standard InChI is InChI=1S/C24H25N3O3/c25-16-19-10-4-6-12-21(19)27-23(28)17-30-24(29)20-11-5-7-13-22(20)26-15-14-18-8-2-1-3-9-18/h4-8,10-13,26H,1-3,9,14-15,17H2,(H,27,28). The third-order valence-electron chi connectivity index (χ3n) is 4.95. The quantitative estimate of drug-likeness (QED) is 0.494. The molecule has 0 saturated carbocycles. The predicted molar refractivity (Wildman–Crippen MR) is 116 cm³/mol. The Morgan fingerprint density at radius 1 is 1.03 bits per heavy atom. The van der Waals surface area contributed by atoms with Crippen molar-refractivity contribution in [2.24, 2.45) is 0 Å². The Balaban J connectivity index is 1.53. The molecule has 1 amide bonds. The van der Waals surface area contributed by atoms with Crippen molar-refractivity contribution < 1.29 is 14.3 Å². The molecule has 0 saturated heterocycles. The number of carbonyl (C=O) groups is 2. The van der Waals surface area contributed by atoms with Crippen LogP contribution in [0.2, 0.25) is 0 Å². The highest BCUT2D eigenvalue weighted by molar-refractivity contribution is 5.98. The minimum atomic E-state index is -0.571. The van der Waals surface area contributed by atoms with E-state index in [2.05, 4.69) is 16.7 Å². The number of amides is 1. The molecule has 0 bridgehead atoms. The van der Waals surface area contributed by atoms with Crippen molar-refractivity contribution in [3.05, 3.63) is 71.3 Å². The highest BCUT2D eigenvalue weighted by Gasteiger charge is 2.15. The highest BCUT2D eigenvalue weighted by atomic mass is 16.5. The highest BCUT2D eigenvalue weighted by Crippen LogP contribution is 2.21. The Kier molecular flexibility index (Phi) is 7.62. The summed E-state index contributed by atoms with van der Waals surface area (Å²) < 4.78 is 5.19. The number of rotatable bonds is 8. The number of hydrogen-bond acceptors (Lipinski definition) is 5. The van der Waals surface area contributed by atoms with Crippen molar-refractivity contribution in [2.45, 2.75) is 32.1 Å². The van der Waals surface area contributed by atoms with Crippen molar-refractivity contribution in [1.82, 2.24) is 0 Å². The predicted octanol–water partition coefficient (Wildman–Crippen LogP) is 4.66. The molecule has 0 heterocycles. The van der Waals surface area contributed by atoms with E-state index in [0.717, 1.165) is 25.8 Å². The van der Waals surface area contributed by atoms with Gasteiger partial charge in [0.1, 0.15) is 6.07 Å². The molecule has 6 nitrogen and oxygen atoms in total. The number of hydrogen-bond donors (Lipinski definition) is 2. The number of nitriles is 1. The number of esters is 1. The Morgan fingerprint density at radius 2 is 1.80 bits per heavy atom. The lowest BCUT2D eigenvalue weighted by Gasteiger charge is -2.15. The first-order valence-corrected chi connectivity index (χ1v) is 10.1. The molecule has 2 N–H and O–H groups in total. The molecule has 0 spiro atoms. The summed E-state index contributed by atoms with van der Waals surface area (Å²) in [6.45, 7) is 0.307. The van der Waals surface area contributed by atoms with Crippen LogP contribution < -0.4 is 10.6 Å².